The fourth-order valence-corrected chi connectivity index (χ4v) is 5.55. The third-order valence-electron chi connectivity index (χ3n) is 5.79. The molecule has 0 aliphatic rings. The molecule has 0 aliphatic carbocycles. The minimum absolute atomic E-state index is 0.0107. The molecule has 0 spiro atoms. The molecular weight excluding hydrogens is 490 g/mol. The second-order valence-corrected chi connectivity index (χ2v) is 10.3. The number of aromatic hydroxyl groups is 1. The van der Waals surface area contributed by atoms with Gasteiger partial charge in [-0.15, -0.1) is 0 Å². The van der Waals surface area contributed by atoms with Crippen molar-refractivity contribution >= 4 is 32.9 Å². The Morgan fingerprint density at radius 2 is 1.76 bits per heavy atom. The molecular formula is C28H27N3O5S. The molecule has 0 atom stereocenters. The van der Waals surface area contributed by atoms with E-state index in [2.05, 4.69) is 10.5 Å². The summed E-state index contributed by atoms with van der Waals surface area (Å²) in [5.41, 5.74) is 4.28. The summed E-state index contributed by atoms with van der Waals surface area (Å²) in [5.74, 6) is -0.438. The first kappa shape index (κ1) is 25.9. The number of nitrogens with one attached hydrogen (secondary N) is 1. The highest BCUT2D eigenvalue weighted by Gasteiger charge is 2.30. The summed E-state index contributed by atoms with van der Waals surface area (Å²) in [6.07, 6.45) is 1.34. The van der Waals surface area contributed by atoms with Gasteiger partial charge in [-0.2, -0.15) is 9.41 Å². The van der Waals surface area contributed by atoms with Gasteiger partial charge in [0, 0.05) is 12.1 Å². The van der Waals surface area contributed by atoms with Crippen molar-refractivity contribution in [1.82, 2.24) is 9.73 Å². The average Bonchev–Trinajstić information content (AvgIpc) is 2.90. The molecule has 2 N–H and O–H groups in total. The Kier molecular flexibility index (Phi) is 7.86. The van der Waals surface area contributed by atoms with Gasteiger partial charge in [0.1, 0.15) is 16.4 Å². The van der Waals surface area contributed by atoms with Crippen LogP contribution >= 0.6 is 0 Å². The first-order valence-corrected chi connectivity index (χ1v) is 12.9. The summed E-state index contributed by atoms with van der Waals surface area (Å²) in [6.45, 7) is 1.28. The first-order valence-electron chi connectivity index (χ1n) is 11.5. The van der Waals surface area contributed by atoms with Crippen LogP contribution in [-0.2, 0) is 21.4 Å². The topological polar surface area (TPSA) is 108 Å². The lowest BCUT2D eigenvalue weighted by molar-refractivity contribution is -0.121. The third-order valence-corrected chi connectivity index (χ3v) is 7.60. The number of carbonyl (C=O) groups excluding carboxylic acids is 1. The smallest absolute Gasteiger partial charge is 0.255 e. The first-order chi connectivity index (χ1) is 17.8. The molecule has 0 saturated heterocycles. The second-order valence-electron chi connectivity index (χ2n) is 8.43. The predicted octanol–water partition coefficient (Wildman–Crippen LogP) is 4.20. The van der Waals surface area contributed by atoms with Crippen LogP contribution in [-0.4, -0.2) is 43.6 Å². The Morgan fingerprint density at radius 1 is 1.03 bits per heavy atom. The number of hydrogen-bond acceptors (Lipinski definition) is 6. The quantitative estimate of drug-likeness (QED) is 0.256. The number of hydrazone groups is 1. The largest absolute Gasteiger partial charge is 0.507 e. The molecule has 4 aromatic rings. The molecule has 0 aromatic heterocycles. The van der Waals surface area contributed by atoms with E-state index in [0.29, 0.717) is 5.56 Å². The third kappa shape index (κ3) is 5.96. The lowest BCUT2D eigenvalue weighted by Gasteiger charge is -2.23. The molecule has 0 saturated carbocycles. The number of phenols is 1. The number of carbonyl (C=O) groups is 1. The van der Waals surface area contributed by atoms with E-state index < -0.39 is 22.5 Å². The fraction of sp³-hybridized carbons (Fsp3) is 0.143. The SMILES string of the molecule is COc1ccc(C)cc1S(=O)(=O)N(CC(=O)N/N=C/c1c(O)ccc2ccccc12)Cc1ccccc1. The summed E-state index contributed by atoms with van der Waals surface area (Å²) in [4.78, 5) is 12.8. The Balaban J connectivity index is 1.60. The van der Waals surface area contributed by atoms with E-state index in [0.717, 1.165) is 26.2 Å². The second kappa shape index (κ2) is 11.2. The summed E-state index contributed by atoms with van der Waals surface area (Å²) in [6, 6.07) is 24.7. The minimum Gasteiger partial charge on any atom is -0.507 e. The zero-order chi connectivity index (χ0) is 26.4. The maximum absolute atomic E-state index is 13.7. The van der Waals surface area contributed by atoms with Crippen LogP contribution in [0.5, 0.6) is 11.5 Å². The van der Waals surface area contributed by atoms with Crippen molar-refractivity contribution < 1.29 is 23.1 Å². The standard InChI is InChI=1S/C28H27N3O5S/c1-20-12-15-26(36-2)27(16-20)37(34,35)31(18-21-8-4-3-5-9-21)19-28(33)30-29-17-24-23-11-7-6-10-22(23)13-14-25(24)32/h3-17,32H,18-19H2,1-2H3,(H,30,33)/b29-17+. The molecule has 4 aromatic carbocycles. The highest BCUT2D eigenvalue weighted by Crippen LogP contribution is 2.29. The van der Waals surface area contributed by atoms with Gasteiger partial charge in [0.15, 0.2) is 0 Å². The van der Waals surface area contributed by atoms with Crippen molar-refractivity contribution in [3.63, 3.8) is 0 Å². The number of phenolic OH excluding ortho intramolecular Hbond substituents is 1. The van der Waals surface area contributed by atoms with Crippen molar-refractivity contribution in [2.75, 3.05) is 13.7 Å². The van der Waals surface area contributed by atoms with Gasteiger partial charge in [-0.3, -0.25) is 4.79 Å². The van der Waals surface area contributed by atoms with Crippen LogP contribution < -0.4 is 10.2 Å². The number of nitrogens with zero attached hydrogens (tertiary/aromatic N) is 2. The lowest BCUT2D eigenvalue weighted by atomic mass is 10.0. The average molecular weight is 518 g/mol. The van der Waals surface area contributed by atoms with Crippen LogP contribution in [0.25, 0.3) is 10.8 Å². The summed E-state index contributed by atoms with van der Waals surface area (Å²) >= 11 is 0. The predicted molar refractivity (Wildman–Crippen MR) is 143 cm³/mol. The number of methoxy groups -OCH3 is 1. The van der Waals surface area contributed by atoms with Crippen LogP contribution in [0, 0.1) is 6.92 Å². The molecule has 9 heteroatoms. The van der Waals surface area contributed by atoms with E-state index >= 15 is 0 Å². The highest BCUT2D eigenvalue weighted by atomic mass is 32.2. The van der Waals surface area contributed by atoms with Gasteiger partial charge in [0.2, 0.25) is 10.0 Å². The fourth-order valence-electron chi connectivity index (χ4n) is 3.92. The van der Waals surface area contributed by atoms with Gasteiger partial charge in [0.25, 0.3) is 5.91 Å². The zero-order valence-electron chi connectivity index (χ0n) is 20.5. The maximum atomic E-state index is 13.7. The van der Waals surface area contributed by atoms with Gasteiger partial charge in [-0.1, -0.05) is 66.7 Å². The van der Waals surface area contributed by atoms with Crippen LogP contribution in [0.15, 0.2) is 94.9 Å². The van der Waals surface area contributed by atoms with Crippen molar-refractivity contribution in [2.45, 2.75) is 18.4 Å². The summed E-state index contributed by atoms with van der Waals surface area (Å²) in [7, 11) is -2.72. The number of benzene rings is 4. The molecule has 0 radical (unpaired) electrons. The molecule has 1 amide bonds. The van der Waals surface area contributed by atoms with Crippen molar-refractivity contribution in [2.24, 2.45) is 5.10 Å². The van der Waals surface area contributed by atoms with Crippen molar-refractivity contribution in [3.8, 4) is 11.5 Å². The minimum atomic E-state index is -4.12. The Labute approximate surface area is 215 Å². The van der Waals surface area contributed by atoms with Gasteiger partial charge in [-0.25, -0.2) is 13.8 Å². The molecule has 4 rings (SSSR count). The number of amides is 1. The maximum Gasteiger partial charge on any atom is 0.255 e. The number of aryl methyl sites for hydroxylation is 1. The van der Waals surface area contributed by atoms with Crippen molar-refractivity contribution in [3.05, 3.63) is 102 Å². The van der Waals surface area contributed by atoms with E-state index in [9.17, 15) is 18.3 Å². The van der Waals surface area contributed by atoms with Crippen LogP contribution in [0.3, 0.4) is 0 Å². The van der Waals surface area contributed by atoms with E-state index in [1.54, 1.807) is 55.5 Å². The number of sulfonamides is 1. The molecule has 0 unspecified atom stereocenters. The molecule has 0 bridgehead atoms. The van der Waals surface area contributed by atoms with Gasteiger partial charge >= 0.3 is 0 Å². The van der Waals surface area contributed by atoms with Gasteiger partial charge in [0.05, 0.1) is 19.9 Å². The number of fused-ring (bicyclic) bond motifs is 1. The summed E-state index contributed by atoms with van der Waals surface area (Å²) < 4.78 is 33.8. The molecule has 0 fully saturated rings. The Morgan fingerprint density at radius 3 is 2.51 bits per heavy atom. The van der Waals surface area contributed by atoms with Crippen LogP contribution in [0.4, 0.5) is 0 Å². The summed E-state index contributed by atoms with van der Waals surface area (Å²) in [5, 5.41) is 15.9. The van der Waals surface area contributed by atoms with E-state index in [-0.39, 0.29) is 22.9 Å². The number of ether oxygens (including phenoxy) is 1. The zero-order valence-corrected chi connectivity index (χ0v) is 21.3. The van der Waals surface area contributed by atoms with Gasteiger partial charge < -0.3 is 9.84 Å². The van der Waals surface area contributed by atoms with Crippen molar-refractivity contribution in [1.29, 1.82) is 0 Å². The van der Waals surface area contributed by atoms with Crippen LogP contribution in [0.1, 0.15) is 16.7 Å². The van der Waals surface area contributed by atoms with E-state index in [1.165, 1.54) is 19.4 Å². The van der Waals surface area contributed by atoms with E-state index in [4.69, 9.17) is 4.74 Å². The molecule has 190 valence electrons. The number of hydrogen-bond donors (Lipinski definition) is 2. The molecule has 0 heterocycles. The highest BCUT2D eigenvalue weighted by molar-refractivity contribution is 7.89. The number of rotatable bonds is 9. The van der Waals surface area contributed by atoms with Crippen LogP contribution in [0.2, 0.25) is 0 Å². The lowest BCUT2D eigenvalue weighted by Crippen LogP contribution is -2.39. The molecule has 0 aliphatic heterocycles. The Hall–Kier alpha value is -4.21. The monoisotopic (exact) mass is 517 g/mol. The molecule has 8 nitrogen and oxygen atoms in total. The van der Waals surface area contributed by atoms with Gasteiger partial charge in [-0.05, 0) is 47.0 Å². The normalized spacial score (nSPS) is 11.8. The Bertz CT molecular complexity index is 1550. The molecule has 37 heavy (non-hydrogen) atoms. The van der Waals surface area contributed by atoms with E-state index in [1.807, 2.05) is 30.3 Å².